The first kappa shape index (κ1) is 12.3. The minimum Gasteiger partial charge on any atom is -0.377 e. The average molecular weight is 252 g/mol. The van der Waals surface area contributed by atoms with Gasteiger partial charge in [0.2, 0.25) is 9.05 Å². The van der Waals surface area contributed by atoms with Crippen LogP contribution in [-0.4, -0.2) is 22.5 Å². The third-order valence-corrected chi connectivity index (χ3v) is 2.85. The van der Waals surface area contributed by atoms with Crippen LogP contribution in [0.3, 0.4) is 0 Å². The molecule has 0 aliphatic carbocycles. The van der Waals surface area contributed by atoms with Gasteiger partial charge in [0.05, 0.1) is 5.75 Å². The van der Waals surface area contributed by atoms with E-state index < -0.39 is 20.6 Å². The molecule has 0 bridgehead atoms. The molecule has 0 unspecified atom stereocenters. The van der Waals surface area contributed by atoms with Gasteiger partial charge in [-0.25, -0.2) is 12.8 Å². The van der Waals surface area contributed by atoms with Crippen molar-refractivity contribution in [3.63, 3.8) is 0 Å². The van der Waals surface area contributed by atoms with Crippen LogP contribution in [0.5, 0.6) is 0 Å². The summed E-state index contributed by atoms with van der Waals surface area (Å²) in [4.78, 5) is 1.64. The number of benzene rings is 1. The zero-order chi connectivity index (χ0) is 11.6. The molecular weight excluding hydrogens is 241 g/mol. The molecule has 0 spiro atoms. The lowest BCUT2D eigenvalue weighted by Gasteiger charge is -2.17. The molecule has 6 heteroatoms. The lowest BCUT2D eigenvalue weighted by atomic mass is 10.2. The van der Waals surface area contributed by atoms with Crippen molar-refractivity contribution in [3.05, 3.63) is 29.6 Å². The number of halogens is 2. The first-order chi connectivity index (χ1) is 6.81. The van der Waals surface area contributed by atoms with Crippen LogP contribution in [0.25, 0.3) is 0 Å². The molecule has 0 aromatic heterocycles. The van der Waals surface area contributed by atoms with E-state index in [1.165, 1.54) is 12.1 Å². The van der Waals surface area contributed by atoms with E-state index in [9.17, 15) is 12.8 Å². The van der Waals surface area contributed by atoms with E-state index in [0.717, 1.165) is 0 Å². The number of hydrogen-bond acceptors (Lipinski definition) is 3. The van der Waals surface area contributed by atoms with Gasteiger partial charge in [0, 0.05) is 36.0 Å². The van der Waals surface area contributed by atoms with Gasteiger partial charge in [0.15, 0.2) is 0 Å². The monoisotopic (exact) mass is 251 g/mol. The van der Waals surface area contributed by atoms with Gasteiger partial charge in [-0.15, -0.1) is 0 Å². The highest BCUT2D eigenvalue weighted by Crippen LogP contribution is 2.24. The van der Waals surface area contributed by atoms with Crippen molar-refractivity contribution in [2.24, 2.45) is 0 Å². The minimum atomic E-state index is -3.75. The van der Waals surface area contributed by atoms with Crippen LogP contribution < -0.4 is 4.90 Å². The normalized spacial score (nSPS) is 11.5. The summed E-state index contributed by atoms with van der Waals surface area (Å²) in [7, 11) is 4.77. The summed E-state index contributed by atoms with van der Waals surface area (Å²) in [5.41, 5.74) is 0.608. The molecule has 0 amide bonds. The molecule has 15 heavy (non-hydrogen) atoms. The van der Waals surface area contributed by atoms with Gasteiger partial charge < -0.3 is 4.90 Å². The Morgan fingerprint density at radius 1 is 1.40 bits per heavy atom. The molecule has 0 N–H and O–H groups in total. The Balaban J connectivity index is 3.25. The van der Waals surface area contributed by atoms with Gasteiger partial charge in [0.25, 0.3) is 0 Å². The lowest BCUT2D eigenvalue weighted by molar-refractivity contribution is 0.597. The lowest BCUT2D eigenvalue weighted by Crippen LogP contribution is -2.13. The predicted molar refractivity (Wildman–Crippen MR) is 59.2 cm³/mol. The smallest absolute Gasteiger partial charge is 0.236 e. The Hall–Kier alpha value is -0.810. The fraction of sp³-hybridized carbons (Fsp3) is 0.333. The molecule has 0 aliphatic rings. The van der Waals surface area contributed by atoms with Crippen molar-refractivity contribution in [1.82, 2.24) is 0 Å². The fourth-order valence-corrected chi connectivity index (χ4v) is 2.24. The van der Waals surface area contributed by atoms with E-state index in [1.807, 2.05) is 0 Å². The largest absolute Gasteiger partial charge is 0.377 e. The van der Waals surface area contributed by atoms with Crippen LogP contribution in [0.15, 0.2) is 18.2 Å². The Labute approximate surface area is 92.9 Å². The molecule has 1 rings (SSSR count). The van der Waals surface area contributed by atoms with Crippen molar-refractivity contribution in [2.75, 3.05) is 19.0 Å². The van der Waals surface area contributed by atoms with Gasteiger partial charge in [0.1, 0.15) is 5.82 Å². The van der Waals surface area contributed by atoms with Crippen molar-refractivity contribution in [3.8, 4) is 0 Å². The molecule has 0 radical (unpaired) electrons. The highest BCUT2D eigenvalue weighted by atomic mass is 35.7. The second kappa shape index (κ2) is 4.37. The van der Waals surface area contributed by atoms with Crippen LogP contribution in [0.2, 0.25) is 0 Å². The topological polar surface area (TPSA) is 37.4 Å². The summed E-state index contributed by atoms with van der Waals surface area (Å²) < 4.78 is 35.2. The third-order valence-electron chi connectivity index (χ3n) is 1.89. The van der Waals surface area contributed by atoms with Crippen LogP contribution in [0, 0.1) is 5.82 Å². The standard InChI is InChI=1S/C9H11ClFNO2S/c1-12(2)9-5-3-4-8(11)7(9)6-15(10,13)14/h3-5H,6H2,1-2H3. The van der Waals surface area contributed by atoms with Crippen LogP contribution in [0.4, 0.5) is 10.1 Å². The van der Waals surface area contributed by atoms with E-state index in [-0.39, 0.29) is 5.56 Å². The van der Waals surface area contributed by atoms with Crippen molar-refractivity contribution in [2.45, 2.75) is 5.75 Å². The second-order valence-electron chi connectivity index (χ2n) is 3.32. The van der Waals surface area contributed by atoms with Crippen molar-refractivity contribution in [1.29, 1.82) is 0 Å². The number of nitrogens with zero attached hydrogens (tertiary/aromatic N) is 1. The van der Waals surface area contributed by atoms with Gasteiger partial charge >= 0.3 is 0 Å². The zero-order valence-corrected chi connectivity index (χ0v) is 9.94. The maximum absolute atomic E-state index is 13.4. The molecule has 0 saturated carbocycles. The Bertz CT molecular complexity index is 459. The van der Waals surface area contributed by atoms with Gasteiger partial charge in [-0.3, -0.25) is 0 Å². The molecule has 0 atom stereocenters. The van der Waals surface area contributed by atoms with E-state index in [2.05, 4.69) is 0 Å². The van der Waals surface area contributed by atoms with E-state index in [0.29, 0.717) is 5.69 Å². The van der Waals surface area contributed by atoms with E-state index in [1.54, 1.807) is 25.1 Å². The maximum Gasteiger partial charge on any atom is 0.236 e. The molecule has 1 aromatic carbocycles. The molecular formula is C9H11ClFNO2S. The molecule has 84 valence electrons. The van der Waals surface area contributed by atoms with Crippen molar-refractivity contribution >= 4 is 25.4 Å². The highest BCUT2D eigenvalue weighted by molar-refractivity contribution is 8.13. The summed E-state index contributed by atoms with van der Waals surface area (Å²) in [6.07, 6.45) is 0. The Kier molecular flexibility index (Phi) is 3.57. The van der Waals surface area contributed by atoms with Gasteiger partial charge in [-0.05, 0) is 12.1 Å². The van der Waals surface area contributed by atoms with Gasteiger partial charge in [-0.1, -0.05) is 6.07 Å². The summed E-state index contributed by atoms with van der Waals surface area (Å²) in [6, 6.07) is 4.37. The van der Waals surface area contributed by atoms with E-state index >= 15 is 0 Å². The number of rotatable bonds is 3. The Morgan fingerprint density at radius 2 is 2.00 bits per heavy atom. The fourth-order valence-electron chi connectivity index (χ4n) is 1.28. The molecule has 0 saturated heterocycles. The van der Waals surface area contributed by atoms with Gasteiger partial charge in [-0.2, -0.15) is 0 Å². The molecule has 0 heterocycles. The van der Waals surface area contributed by atoms with Crippen LogP contribution >= 0.6 is 10.7 Å². The minimum absolute atomic E-state index is 0.0949. The Morgan fingerprint density at radius 3 is 2.47 bits per heavy atom. The average Bonchev–Trinajstić information content (AvgIpc) is 2.05. The van der Waals surface area contributed by atoms with E-state index in [4.69, 9.17) is 10.7 Å². The zero-order valence-electron chi connectivity index (χ0n) is 8.37. The molecule has 0 aliphatic heterocycles. The quantitative estimate of drug-likeness (QED) is 0.771. The SMILES string of the molecule is CN(C)c1cccc(F)c1CS(=O)(=O)Cl. The first-order valence-electron chi connectivity index (χ1n) is 4.18. The second-order valence-corrected chi connectivity index (χ2v) is 6.09. The van der Waals surface area contributed by atoms with Crippen molar-refractivity contribution < 1.29 is 12.8 Å². The summed E-state index contributed by atoms with van der Waals surface area (Å²) in [5.74, 6) is -1.07. The highest BCUT2D eigenvalue weighted by Gasteiger charge is 2.16. The van der Waals surface area contributed by atoms with Crippen LogP contribution in [0.1, 0.15) is 5.56 Å². The first-order valence-corrected chi connectivity index (χ1v) is 6.66. The maximum atomic E-state index is 13.4. The third kappa shape index (κ3) is 3.35. The summed E-state index contributed by atoms with van der Waals surface area (Å²) >= 11 is 0. The predicted octanol–water partition coefficient (Wildman–Crippen LogP) is 1.96. The number of hydrogen-bond donors (Lipinski definition) is 0. The molecule has 3 nitrogen and oxygen atoms in total. The number of anilines is 1. The van der Waals surface area contributed by atoms with Crippen LogP contribution in [-0.2, 0) is 14.8 Å². The molecule has 1 aromatic rings. The summed E-state index contributed by atoms with van der Waals surface area (Å²) in [6.45, 7) is 0. The summed E-state index contributed by atoms with van der Waals surface area (Å²) in [5, 5.41) is 0. The molecule has 0 fully saturated rings.